The van der Waals surface area contributed by atoms with Crippen LogP contribution in [0.15, 0.2) is 53.9 Å². The van der Waals surface area contributed by atoms with Crippen molar-refractivity contribution >= 4 is 69.5 Å². The quantitative estimate of drug-likeness (QED) is 0.285. The summed E-state index contributed by atoms with van der Waals surface area (Å²) >= 11 is 19.0. The first-order chi connectivity index (χ1) is 13.9. The number of ketones is 1. The molecule has 2 aromatic carbocycles. The molecule has 0 radical (unpaired) electrons. The van der Waals surface area contributed by atoms with Crippen LogP contribution in [-0.4, -0.2) is 24.3 Å². The molecule has 0 bridgehead atoms. The number of nitrogens with one attached hydrogen (secondary N) is 1. The van der Waals surface area contributed by atoms with Crippen molar-refractivity contribution in [2.24, 2.45) is 0 Å². The van der Waals surface area contributed by atoms with Crippen LogP contribution in [0.3, 0.4) is 0 Å². The van der Waals surface area contributed by atoms with Crippen molar-refractivity contribution in [3.8, 4) is 0 Å². The molecule has 0 saturated carbocycles. The Labute approximate surface area is 185 Å². The second-order valence-electron chi connectivity index (χ2n) is 5.72. The van der Waals surface area contributed by atoms with Gasteiger partial charge in [-0.2, -0.15) is 0 Å². The Bertz CT molecular complexity index is 1080. The van der Waals surface area contributed by atoms with E-state index in [1.54, 1.807) is 29.6 Å². The third-order valence-corrected chi connectivity index (χ3v) is 5.66. The molecule has 1 heterocycles. The average Bonchev–Trinajstić information content (AvgIpc) is 3.24. The van der Waals surface area contributed by atoms with Gasteiger partial charge >= 0.3 is 5.97 Å². The van der Waals surface area contributed by atoms with E-state index in [0.717, 1.165) is 0 Å². The predicted octanol–water partition coefficient (Wildman–Crippen LogP) is 5.73. The Kier molecular flexibility index (Phi) is 6.92. The van der Waals surface area contributed by atoms with Gasteiger partial charge < -0.3 is 10.1 Å². The summed E-state index contributed by atoms with van der Waals surface area (Å²) in [5, 5.41) is 4.90. The molecule has 0 atom stereocenters. The summed E-state index contributed by atoms with van der Waals surface area (Å²) in [5.41, 5.74) is 0.509. The van der Waals surface area contributed by atoms with Crippen LogP contribution < -0.4 is 5.32 Å². The van der Waals surface area contributed by atoms with Gasteiger partial charge in [-0.25, -0.2) is 4.79 Å². The van der Waals surface area contributed by atoms with Gasteiger partial charge in [-0.3, -0.25) is 9.59 Å². The minimum absolute atomic E-state index is 0.0752. The van der Waals surface area contributed by atoms with Gasteiger partial charge in [0.15, 0.2) is 6.61 Å². The SMILES string of the molecule is O=C(COC(=O)c1ccccc1C(=O)c1cccs1)Nc1cc(Cl)c(Cl)cc1Cl. The van der Waals surface area contributed by atoms with E-state index in [0.29, 0.717) is 4.88 Å². The van der Waals surface area contributed by atoms with Gasteiger partial charge in [0.25, 0.3) is 5.91 Å². The fourth-order valence-corrected chi connectivity index (χ4v) is 3.69. The lowest BCUT2D eigenvalue weighted by Gasteiger charge is -2.10. The van der Waals surface area contributed by atoms with Crippen LogP contribution in [-0.2, 0) is 9.53 Å². The summed E-state index contributed by atoms with van der Waals surface area (Å²) in [5.74, 6) is -1.71. The number of ether oxygens (including phenoxy) is 1. The summed E-state index contributed by atoms with van der Waals surface area (Å²) in [4.78, 5) is 37.7. The Morgan fingerprint density at radius 1 is 0.897 bits per heavy atom. The molecule has 148 valence electrons. The first kappa shape index (κ1) is 21.3. The second kappa shape index (κ2) is 9.41. The highest BCUT2D eigenvalue weighted by Gasteiger charge is 2.20. The minimum atomic E-state index is -0.791. The van der Waals surface area contributed by atoms with Crippen LogP contribution in [0.5, 0.6) is 0 Å². The molecule has 0 aliphatic heterocycles. The number of hydrogen-bond acceptors (Lipinski definition) is 5. The molecule has 1 amide bonds. The normalized spacial score (nSPS) is 10.4. The van der Waals surface area contributed by atoms with E-state index in [1.165, 1.54) is 35.6 Å². The number of carbonyl (C=O) groups excluding carboxylic acids is 3. The van der Waals surface area contributed by atoms with Gasteiger partial charge in [0.05, 0.1) is 31.2 Å². The van der Waals surface area contributed by atoms with Crippen molar-refractivity contribution < 1.29 is 19.1 Å². The topological polar surface area (TPSA) is 72.5 Å². The van der Waals surface area contributed by atoms with Crippen molar-refractivity contribution in [3.05, 3.63) is 85.0 Å². The maximum atomic E-state index is 12.6. The van der Waals surface area contributed by atoms with Crippen LogP contribution >= 0.6 is 46.1 Å². The fraction of sp³-hybridized carbons (Fsp3) is 0.0500. The van der Waals surface area contributed by atoms with E-state index in [1.807, 2.05) is 0 Å². The second-order valence-corrected chi connectivity index (χ2v) is 7.89. The number of amides is 1. The number of halogens is 3. The zero-order valence-corrected chi connectivity index (χ0v) is 17.7. The highest BCUT2D eigenvalue weighted by atomic mass is 35.5. The monoisotopic (exact) mass is 467 g/mol. The standard InChI is InChI=1S/C20H12Cl3NO4S/c21-13-8-15(23)16(9-14(13)22)24-18(25)10-28-20(27)12-5-2-1-4-11(12)19(26)17-6-3-7-29-17/h1-9H,10H2,(H,24,25). The van der Waals surface area contributed by atoms with Gasteiger partial charge in [0.1, 0.15) is 0 Å². The van der Waals surface area contributed by atoms with E-state index < -0.39 is 18.5 Å². The van der Waals surface area contributed by atoms with Gasteiger partial charge in [-0.15, -0.1) is 11.3 Å². The number of anilines is 1. The van der Waals surface area contributed by atoms with Crippen LogP contribution in [0.1, 0.15) is 25.6 Å². The number of hydrogen-bond donors (Lipinski definition) is 1. The highest BCUT2D eigenvalue weighted by Crippen LogP contribution is 2.32. The van der Waals surface area contributed by atoms with Crippen molar-refractivity contribution in [2.45, 2.75) is 0 Å². The van der Waals surface area contributed by atoms with Crippen molar-refractivity contribution in [1.29, 1.82) is 0 Å². The summed E-state index contributed by atoms with van der Waals surface area (Å²) in [6, 6.07) is 12.5. The average molecular weight is 469 g/mol. The van der Waals surface area contributed by atoms with Gasteiger partial charge in [0, 0.05) is 5.56 Å². The van der Waals surface area contributed by atoms with Crippen LogP contribution in [0.4, 0.5) is 5.69 Å². The third-order valence-electron chi connectivity index (χ3n) is 3.75. The fourth-order valence-electron chi connectivity index (χ4n) is 2.41. The van der Waals surface area contributed by atoms with Crippen LogP contribution in [0, 0.1) is 0 Å². The molecule has 1 N–H and O–H groups in total. The number of benzene rings is 2. The first-order valence-corrected chi connectivity index (χ1v) is 10.2. The minimum Gasteiger partial charge on any atom is -0.452 e. The third kappa shape index (κ3) is 5.16. The van der Waals surface area contributed by atoms with Crippen LogP contribution in [0.2, 0.25) is 15.1 Å². The van der Waals surface area contributed by atoms with Crippen molar-refractivity contribution in [1.82, 2.24) is 0 Å². The zero-order valence-electron chi connectivity index (χ0n) is 14.6. The summed E-state index contributed by atoms with van der Waals surface area (Å²) in [6.07, 6.45) is 0. The molecule has 0 spiro atoms. The maximum Gasteiger partial charge on any atom is 0.339 e. The highest BCUT2D eigenvalue weighted by molar-refractivity contribution is 7.12. The van der Waals surface area contributed by atoms with Gasteiger partial charge in [-0.1, -0.05) is 59.1 Å². The smallest absolute Gasteiger partial charge is 0.339 e. The summed E-state index contributed by atoms with van der Waals surface area (Å²) in [6.45, 7) is -0.572. The molecule has 0 aliphatic carbocycles. The Hall–Kier alpha value is -2.38. The predicted molar refractivity (Wildman–Crippen MR) is 115 cm³/mol. The largest absolute Gasteiger partial charge is 0.452 e. The number of carbonyl (C=O) groups is 3. The first-order valence-electron chi connectivity index (χ1n) is 8.15. The Morgan fingerprint density at radius 2 is 1.59 bits per heavy atom. The molecular formula is C20H12Cl3NO4S. The zero-order chi connectivity index (χ0) is 21.0. The number of rotatable bonds is 6. The lowest BCUT2D eigenvalue weighted by Crippen LogP contribution is -2.22. The van der Waals surface area contributed by atoms with E-state index in [-0.39, 0.29) is 37.7 Å². The molecule has 9 heteroatoms. The molecule has 3 rings (SSSR count). The summed E-state index contributed by atoms with van der Waals surface area (Å²) < 4.78 is 5.06. The van der Waals surface area contributed by atoms with E-state index in [4.69, 9.17) is 39.5 Å². The van der Waals surface area contributed by atoms with Crippen molar-refractivity contribution in [3.63, 3.8) is 0 Å². The molecule has 0 fully saturated rings. The Balaban J connectivity index is 1.68. The molecule has 0 unspecified atom stereocenters. The van der Waals surface area contributed by atoms with Gasteiger partial charge in [0.2, 0.25) is 5.78 Å². The molecular weight excluding hydrogens is 457 g/mol. The van der Waals surface area contributed by atoms with Crippen LogP contribution in [0.25, 0.3) is 0 Å². The molecule has 3 aromatic rings. The van der Waals surface area contributed by atoms with E-state index in [2.05, 4.69) is 5.32 Å². The molecule has 0 aliphatic rings. The molecule has 1 aromatic heterocycles. The maximum absolute atomic E-state index is 12.6. The van der Waals surface area contributed by atoms with Crippen molar-refractivity contribution in [2.75, 3.05) is 11.9 Å². The lowest BCUT2D eigenvalue weighted by atomic mass is 10.0. The van der Waals surface area contributed by atoms with Gasteiger partial charge in [-0.05, 0) is 29.6 Å². The van der Waals surface area contributed by atoms with E-state index in [9.17, 15) is 14.4 Å². The molecule has 29 heavy (non-hydrogen) atoms. The van der Waals surface area contributed by atoms with E-state index >= 15 is 0 Å². The molecule has 5 nitrogen and oxygen atoms in total. The lowest BCUT2D eigenvalue weighted by molar-refractivity contribution is -0.119. The Morgan fingerprint density at radius 3 is 2.28 bits per heavy atom. The molecule has 0 saturated heterocycles. The summed E-state index contributed by atoms with van der Waals surface area (Å²) in [7, 11) is 0. The number of esters is 1. The number of thiophene rings is 1.